The van der Waals surface area contributed by atoms with Crippen molar-refractivity contribution in [2.75, 3.05) is 13.1 Å². The van der Waals surface area contributed by atoms with Crippen molar-refractivity contribution < 1.29 is 9.21 Å². The molecule has 4 nitrogen and oxygen atoms in total. The first-order valence-corrected chi connectivity index (χ1v) is 7.81. The third kappa shape index (κ3) is 2.66. The molecule has 0 bridgehead atoms. The van der Waals surface area contributed by atoms with Crippen LogP contribution in [-0.2, 0) is 11.3 Å². The van der Waals surface area contributed by atoms with E-state index in [2.05, 4.69) is 10.2 Å². The molecule has 1 unspecified atom stereocenters. The number of hydrogen-bond donors (Lipinski definition) is 1. The van der Waals surface area contributed by atoms with E-state index in [1.807, 2.05) is 56.3 Å². The smallest absolute Gasteiger partial charge is 0.240 e. The molecule has 0 radical (unpaired) electrons. The minimum atomic E-state index is -0.407. The molecule has 1 atom stereocenters. The van der Waals surface area contributed by atoms with Gasteiger partial charge in [0.1, 0.15) is 11.5 Å². The van der Waals surface area contributed by atoms with Crippen molar-refractivity contribution in [3.63, 3.8) is 0 Å². The van der Waals surface area contributed by atoms with E-state index < -0.39 is 5.54 Å². The lowest BCUT2D eigenvalue weighted by atomic mass is 9.85. The molecule has 116 valence electrons. The second-order valence-electron chi connectivity index (χ2n) is 5.94. The van der Waals surface area contributed by atoms with Crippen LogP contribution < -0.4 is 5.32 Å². The van der Waals surface area contributed by atoms with Gasteiger partial charge in [-0.2, -0.15) is 0 Å². The third-order valence-corrected chi connectivity index (χ3v) is 4.46. The van der Waals surface area contributed by atoms with Gasteiger partial charge in [-0.1, -0.05) is 30.3 Å². The van der Waals surface area contributed by atoms with Crippen LogP contribution in [0.5, 0.6) is 0 Å². The van der Waals surface area contributed by atoms with E-state index in [1.54, 1.807) is 0 Å². The number of carbonyl (C=O) groups is 1. The third-order valence-electron chi connectivity index (χ3n) is 4.46. The fourth-order valence-electron chi connectivity index (χ4n) is 2.88. The maximum Gasteiger partial charge on any atom is 0.240 e. The molecule has 1 aromatic heterocycles. The summed E-state index contributed by atoms with van der Waals surface area (Å²) in [4.78, 5) is 14.4. The molecule has 0 aliphatic carbocycles. The van der Waals surface area contributed by atoms with Crippen LogP contribution in [0.4, 0.5) is 0 Å². The van der Waals surface area contributed by atoms with Crippen molar-refractivity contribution in [1.82, 2.24) is 10.2 Å². The Bertz CT molecular complexity index is 650. The summed E-state index contributed by atoms with van der Waals surface area (Å²) in [6.07, 6.45) is 0.894. The van der Waals surface area contributed by atoms with Crippen molar-refractivity contribution in [2.24, 2.45) is 0 Å². The molecule has 3 rings (SSSR count). The van der Waals surface area contributed by atoms with E-state index in [9.17, 15) is 4.79 Å². The summed E-state index contributed by atoms with van der Waals surface area (Å²) < 4.78 is 5.94. The summed E-state index contributed by atoms with van der Waals surface area (Å²) in [7, 11) is 0. The second kappa shape index (κ2) is 5.97. The van der Waals surface area contributed by atoms with Crippen LogP contribution in [0.3, 0.4) is 0 Å². The summed E-state index contributed by atoms with van der Waals surface area (Å²) >= 11 is 0. The standard InChI is InChI=1S/C18H22N2O2/c1-3-19-17(21)18(2)11-12-20(18)13-15-9-10-16(22-15)14-7-5-4-6-8-14/h4-10H,3,11-13H2,1-2H3,(H,19,21). The number of likely N-dealkylation sites (N-methyl/N-ethyl adjacent to an activating group) is 1. The fraction of sp³-hybridized carbons (Fsp3) is 0.389. The fourth-order valence-corrected chi connectivity index (χ4v) is 2.88. The lowest BCUT2D eigenvalue weighted by Crippen LogP contribution is -2.65. The molecule has 2 aromatic rings. The number of furan rings is 1. The van der Waals surface area contributed by atoms with Gasteiger partial charge in [-0.3, -0.25) is 9.69 Å². The molecule has 22 heavy (non-hydrogen) atoms. The topological polar surface area (TPSA) is 45.5 Å². The van der Waals surface area contributed by atoms with Crippen LogP contribution in [0.1, 0.15) is 26.0 Å². The summed E-state index contributed by atoms with van der Waals surface area (Å²) in [5.41, 5.74) is 0.666. The zero-order valence-corrected chi connectivity index (χ0v) is 13.1. The van der Waals surface area contributed by atoms with Gasteiger partial charge in [0.25, 0.3) is 0 Å². The highest BCUT2D eigenvalue weighted by molar-refractivity contribution is 5.86. The summed E-state index contributed by atoms with van der Waals surface area (Å²) in [5, 5.41) is 2.92. The van der Waals surface area contributed by atoms with Crippen molar-refractivity contribution in [1.29, 1.82) is 0 Å². The minimum absolute atomic E-state index is 0.107. The van der Waals surface area contributed by atoms with Gasteiger partial charge >= 0.3 is 0 Å². The molecule has 1 aliphatic rings. The van der Waals surface area contributed by atoms with Crippen LogP contribution in [0.15, 0.2) is 46.9 Å². The van der Waals surface area contributed by atoms with Gasteiger partial charge in [-0.05, 0) is 32.4 Å². The molecule has 0 spiro atoms. The normalized spacial score (nSPS) is 21.4. The highest BCUT2D eigenvalue weighted by Crippen LogP contribution is 2.33. The van der Waals surface area contributed by atoms with Gasteiger partial charge in [0, 0.05) is 18.7 Å². The molecular weight excluding hydrogens is 276 g/mol. The number of hydrogen-bond acceptors (Lipinski definition) is 3. The predicted octanol–water partition coefficient (Wildman–Crippen LogP) is 3.05. The van der Waals surface area contributed by atoms with Crippen LogP contribution in [0.25, 0.3) is 11.3 Å². The van der Waals surface area contributed by atoms with Gasteiger partial charge in [0.15, 0.2) is 0 Å². The van der Waals surface area contributed by atoms with E-state index in [0.29, 0.717) is 13.1 Å². The Hall–Kier alpha value is -2.07. The highest BCUT2D eigenvalue weighted by Gasteiger charge is 2.46. The van der Waals surface area contributed by atoms with E-state index in [1.165, 1.54) is 0 Å². The number of likely N-dealkylation sites (tertiary alicyclic amines) is 1. The molecule has 0 saturated carbocycles. The summed E-state index contributed by atoms with van der Waals surface area (Å²) in [5.74, 6) is 1.88. The van der Waals surface area contributed by atoms with Crippen molar-refractivity contribution in [3.8, 4) is 11.3 Å². The average molecular weight is 298 g/mol. The van der Waals surface area contributed by atoms with Crippen LogP contribution in [0, 0.1) is 0 Å². The summed E-state index contributed by atoms with van der Waals surface area (Å²) in [6, 6.07) is 14.0. The number of carbonyl (C=O) groups excluding carboxylic acids is 1. The van der Waals surface area contributed by atoms with Gasteiger partial charge in [-0.15, -0.1) is 0 Å². The van der Waals surface area contributed by atoms with Crippen molar-refractivity contribution in [3.05, 3.63) is 48.2 Å². The molecule has 1 amide bonds. The Balaban J connectivity index is 1.70. The van der Waals surface area contributed by atoms with Crippen molar-refractivity contribution in [2.45, 2.75) is 32.4 Å². The van der Waals surface area contributed by atoms with E-state index in [0.717, 1.165) is 30.0 Å². The lowest BCUT2D eigenvalue weighted by molar-refractivity contribution is -0.142. The molecule has 1 fully saturated rings. The predicted molar refractivity (Wildman–Crippen MR) is 86.3 cm³/mol. The first-order chi connectivity index (χ1) is 10.6. The first kappa shape index (κ1) is 14.9. The first-order valence-electron chi connectivity index (χ1n) is 7.81. The average Bonchev–Trinajstić information content (AvgIpc) is 3.01. The van der Waals surface area contributed by atoms with Gasteiger partial charge in [0.05, 0.1) is 12.1 Å². The number of rotatable bonds is 5. The van der Waals surface area contributed by atoms with E-state index >= 15 is 0 Å². The molecule has 1 N–H and O–H groups in total. The minimum Gasteiger partial charge on any atom is -0.460 e. The quantitative estimate of drug-likeness (QED) is 0.923. The van der Waals surface area contributed by atoms with Gasteiger partial charge in [-0.25, -0.2) is 0 Å². The SMILES string of the molecule is CCNC(=O)C1(C)CCN1Cc1ccc(-c2ccccc2)o1. The lowest BCUT2D eigenvalue weighted by Gasteiger charge is -2.48. The van der Waals surface area contributed by atoms with Crippen LogP contribution in [-0.4, -0.2) is 29.4 Å². The molecule has 1 aliphatic heterocycles. The largest absolute Gasteiger partial charge is 0.460 e. The Kier molecular flexibility index (Phi) is 4.03. The van der Waals surface area contributed by atoms with Crippen LogP contribution >= 0.6 is 0 Å². The van der Waals surface area contributed by atoms with E-state index in [4.69, 9.17) is 4.42 Å². The Morgan fingerprint density at radius 3 is 2.68 bits per heavy atom. The number of amides is 1. The zero-order valence-electron chi connectivity index (χ0n) is 13.1. The molecule has 4 heteroatoms. The number of nitrogens with one attached hydrogen (secondary N) is 1. The highest BCUT2D eigenvalue weighted by atomic mass is 16.3. The number of nitrogens with zero attached hydrogens (tertiary/aromatic N) is 1. The van der Waals surface area contributed by atoms with Crippen molar-refractivity contribution >= 4 is 5.91 Å². The molecule has 1 saturated heterocycles. The zero-order chi connectivity index (χ0) is 15.6. The second-order valence-corrected chi connectivity index (χ2v) is 5.94. The maximum absolute atomic E-state index is 12.2. The Labute approximate surface area is 131 Å². The monoisotopic (exact) mass is 298 g/mol. The maximum atomic E-state index is 12.2. The van der Waals surface area contributed by atoms with Gasteiger partial charge < -0.3 is 9.73 Å². The number of benzene rings is 1. The molecular formula is C18H22N2O2. The molecule has 1 aromatic carbocycles. The Morgan fingerprint density at radius 1 is 1.27 bits per heavy atom. The summed E-state index contributed by atoms with van der Waals surface area (Å²) in [6.45, 7) is 6.21. The van der Waals surface area contributed by atoms with Gasteiger partial charge in [0.2, 0.25) is 5.91 Å². The van der Waals surface area contributed by atoms with E-state index in [-0.39, 0.29) is 5.91 Å². The molecule has 2 heterocycles. The Morgan fingerprint density at radius 2 is 2.05 bits per heavy atom. The van der Waals surface area contributed by atoms with Crippen LogP contribution in [0.2, 0.25) is 0 Å².